The Hall–Kier alpha value is -3.17. The summed E-state index contributed by atoms with van der Waals surface area (Å²) in [6, 6.07) is 8.23. The molecule has 0 saturated carbocycles. The minimum absolute atomic E-state index is 0.00655. The lowest BCUT2D eigenvalue weighted by Gasteiger charge is -2.21. The van der Waals surface area contributed by atoms with Crippen molar-refractivity contribution < 1.29 is 31.7 Å². The summed E-state index contributed by atoms with van der Waals surface area (Å²) in [6.45, 7) is 1.86. The standard InChI is InChI=1S/C21H17NO7S/c1-11-7-13-8-17-28-20(13)18-14(9-16(23)27-2)21(24)22(19(11)18)10-12-5-3-4-6-15(12)30(25,26)29-17/h3-7,9,17H,8,10H2,1-2H3. The number of fused-ring (bicyclic) bond motifs is 2. The number of nitrogens with zero attached hydrogens (tertiary/aromatic N) is 1. The van der Waals surface area contributed by atoms with Crippen LogP contribution in [0.5, 0.6) is 5.75 Å². The molecule has 0 aliphatic carbocycles. The van der Waals surface area contributed by atoms with Crippen molar-refractivity contribution in [2.24, 2.45) is 0 Å². The largest absolute Gasteiger partial charge is 0.466 e. The maximum atomic E-state index is 13.4. The first kappa shape index (κ1) is 18.8. The second-order valence-electron chi connectivity index (χ2n) is 7.29. The number of anilines is 1. The van der Waals surface area contributed by atoms with Gasteiger partial charge in [-0.3, -0.25) is 4.79 Å². The van der Waals surface area contributed by atoms with Crippen LogP contribution in [0, 0.1) is 6.92 Å². The summed E-state index contributed by atoms with van der Waals surface area (Å²) in [6.07, 6.45) is 0.280. The Morgan fingerprint density at radius 2 is 2.03 bits per heavy atom. The monoisotopic (exact) mass is 427 g/mol. The van der Waals surface area contributed by atoms with E-state index in [2.05, 4.69) is 0 Å². The predicted octanol–water partition coefficient (Wildman–Crippen LogP) is 2.08. The Morgan fingerprint density at radius 3 is 2.80 bits per heavy atom. The number of methoxy groups -OCH3 is 1. The zero-order valence-corrected chi connectivity index (χ0v) is 17.0. The van der Waals surface area contributed by atoms with Gasteiger partial charge in [-0.15, -0.1) is 0 Å². The highest BCUT2D eigenvalue weighted by atomic mass is 32.2. The Labute approximate surface area is 172 Å². The van der Waals surface area contributed by atoms with E-state index in [4.69, 9.17) is 13.7 Å². The van der Waals surface area contributed by atoms with Gasteiger partial charge in [-0.25, -0.2) is 8.98 Å². The molecule has 1 unspecified atom stereocenters. The molecule has 8 nitrogen and oxygen atoms in total. The van der Waals surface area contributed by atoms with Gasteiger partial charge >= 0.3 is 16.1 Å². The maximum Gasteiger partial charge on any atom is 0.331 e. The Balaban J connectivity index is 1.81. The smallest absolute Gasteiger partial charge is 0.331 e. The molecule has 0 spiro atoms. The molecule has 3 aliphatic rings. The van der Waals surface area contributed by atoms with Crippen LogP contribution >= 0.6 is 0 Å². The molecular weight excluding hydrogens is 410 g/mol. The lowest BCUT2D eigenvalue weighted by atomic mass is 9.98. The molecule has 1 atom stereocenters. The van der Waals surface area contributed by atoms with E-state index in [9.17, 15) is 18.0 Å². The summed E-state index contributed by atoms with van der Waals surface area (Å²) in [5.41, 5.74) is 3.13. The summed E-state index contributed by atoms with van der Waals surface area (Å²) in [5, 5.41) is 0. The van der Waals surface area contributed by atoms with E-state index in [1.165, 1.54) is 18.1 Å². The van der Waals surface area contributed by atoms with Gasteiger partial charge in [-0.05, 0) is 24.1 Å². The molecular formula is C21H17NO7S. The second kappa shape index (κ2) is 6.41. The Kier molecular flexibility index (Phi) is 4.03. The molecule has 30 heavy (non-hydrogen) atoms. The van der Waals surface area contributed by atoms with Gasteiger partial charge in [-0.1, -0.05) is 24.3 Å². The first-order valence-corrected chi connectivity index (χ1v) is 10.7. The molecule has 2 aromatic rings. The van der Waals surface area contributed by atoms with Crippen LogP contribution in [0.2, 0.25) is 0 Å². The summed E-state index contributed by atoms with van der Waals surface area (Å²) in [5.74, 6) is -0.734. The van der Waals surface area contributed by atoms with Gasteiger partial charge in [0.2, 0.25) is 6.29 Å². The van der Waals surface area contributed by atoms with Gasteiger partial charge in [0.1, 0.15) is 5.75 Å². The molecule has 0 aromatic heterocycles. The van der Waals surface area contributed by atoms with Crippen molar-refractivity contribution in [3.63, 3.8) is 0 Å². The summed E-state index contributed by atoms with van der Waals surface area (Å²) in [7, 11) is -2.88. The molecule has 0 saturated heterocycles. The Morgan fingerprint density at radius 1 is 1.27 bits per heavy atom. The number of carbonyl (C=O) groups excluding carboxylic acids is 2. The van der Waals surface area contributed by atoms with Gasteiger partial charge in [0.15, 0.2) is 0 Å². The van der Waals surface area contributed by atoms with E-state index in [0.29, 0.717) is 28.1 Å². The lowest BCUT2D eigenvalue weighted by molar-refractivity contribution is -0.135. The van der Waals surface area contributed by atoms with Gasteiger partial charge in [0.25, 0.3) is 5.91 Å². The van der Waals surface area contributed by atoms with Crippen LogP contribution in [0.1, 0.15) is 22.3 Å². The molecule has 1 amide bonds. The van der Waals surface area contributed by atoms with Crippen LogP contribution < -0.4 is 9.64 Å². The van der Waals surface area contributed by atoms with Crippen molar-refractivity contribution in [3.05, 3.63) is 58.7 Å². The van der Waals surface area contributed by atoms with E-state index in [1.54, 1.807) is 18.2 Å². The number of rotatable bonds is 1. The van der Waals surface area contributed by atoms with E-state index in [1.807, 2.05) is 13.0 Å². The lowest BCUT2D eigenvalue weighted by Crippen LogP contribution is -2.28. The third-order valence-electron chi connectivity index (χ3n) is 5.44. The normalized spacial score (nSPS) is 21.9. The Bertz CT molecular complexity index is 1260. The fraction of sp³-hybridized carbons (Fsp3) is 0.238. The molecule has 9 heteroatoms. The molecule has 5 bridgehead atoms. The summed E-state index contributed by atoms with van der Waals surface area (Å²) < 4.78 is 41.8. The molecule has 0 fully saturated rings. The minimum atomic E-state index is -4.11. The van der Waals surface area contributed by atoms with Crippen molar-refractivity contribution in [2.75, 3.05) is 12.0 Å². The van der Waals surface area contributed by atoms with Crippen LogP contribution in [0.15, 0.2) is 41.3 Å². The fourth-order valence-corrected chi connectivity index (χ4v) is 5.40. The van der Waals surface area contributed by atoms with Crippen molar-refractivity contribution in [1.29, 1.82) is 0 Å². The van der Waals surface area contributed by atoms with Crippen LogP contribution in [0.3, 0.4) is 0 Å². The number of hydrogen-bond acceptors (Lipinski definition) is 7. The van der Waals surface area contributed by atoms with Crippen molar-refractivity contribution in [3.8, 4) is 5.75 Å². The highest BCUT2D eigenvalue weighted by Gasteiger charge is 2.43. The maximum absolute atomic E-state index is 13.4. The van der Waals surface area contributed by atoms with E-state index in [0.717, 1.165) is 11.6 Å². The first-order chi connectivity index (χ1) is 14.3. The van der Waals surface area contributed by atoms with Crippen LogP contribution in [0.4, 0.5) is 5.69 Å². The van der Waals surface area contributed by atoms with Crippen molar-refractivity contribution in [2.45, 2.75) is 31.1 Å². The van der Waals surface area contributed by atoms with Gasteiger partial charge in [0, 0.05) is 18.1 Å². The quantitative estimate of drug-likeness (QED) is 0.390. The van der Waals surface area contributed by atoms with Gasteiger partial charge in [0.05, 0.1) is 35.4 Å². The topological polar surface area (TPSA) is 99.2 Å². The highest BCUT2D eigenvalue weighted by Crippen LogP contribution is 2.50. The third kappa shape index (κ3) is 2.66. The molecule has 0 N–H and O–H groups in total. The number of benzene rings is 2. The summed E-state index contributed by atoms with van der Waals surface area (Å²) >= 11 is 0. The molecule has 3 heterocycles. The average Bonchev–Trinajstić information content (AvgIpc) is 3.20. The van der Waals surface area contributed by atoms with Crippen molar-refractivity contribution in [1.82, 2.24) is 0 Å². The zero-order valence-electron chi connectivity index (χ0n) is 16.2. The van der Waals surface area contributed by atoms with Crippen LogP contribution in [-0.2, 0) is 41.6 Å². The number of aryl methyl sites for hydroxylation is 1. The van der Waals surface area contributed by atoms with Crippen molar-refractivity contribution >= 4 is 33.3 Å². The second-order valence-corrected chi connectivity index (χ2v) is 8.83. The van der Waals surface area contributed by atoms with E-state index < -0.39 is 28.3 Å². The fourth-order valence-electron chi connectivity index (χ4n) is 4.21. The third-order valence-corrected chi connectivity index (χ3v) is 6.84. The SMILES string of the molecule is COC(=O)C=C1C(=O)N2Cc3ccccc3S(=O)(=O)OC3Cc4cc(C)c2c1c4O3. The molecule has 5 rings (SSSR count). The summed E-state index contributed by atoms with van der Waals surface area (Å²) in [4.78, 5) is 26.8. The van der Waals surface area contributed by atoms with Gasteiger partial charge in [-0.2, -0.15) is 8.42 Å². The molecule has 2 aromatic carbocycles. The molecule has 0 radical (unpaired) electrons. The predicted molar refractivity (Wildman–Crippen MR) is 105 cm³/mol. The highest BCUT2D eigenvalue weighted by molar-refractivity contribution is 7.86. The number of ether oxygens (including phenoxy) is 2. The van der Waals surface area contributed by atoms with E-state index >= 15 is 0 Å². The van der Waals surface area contributed by atoms with Crippen LogP contribution in [-0.4, -0.2) is 33.7 Å². The number of hydrogen-bond donors (Lipinski definition) is 0. The number of esters is 1. The van der Waals surface area contributed by atoms with Crippen LogP contribution in [0.25, 0.3) is 5.57 Å². The zero-order chi connectivity index (χ0) is 21.2. The molecule has 3 aliphatic heterocycles. The minimum Gasteiger partial charge on any atom is -0.466 e. The van der Waals surface area contributed by atoms with E-state index in [-0.39, 0.29) is 23.4 Å². The van der Waals surface area contributed by atoms with Gasteiger partial charge < -0.3 is 14.4 Å². The average molecular weight is 427 g/mol. The number of carbonyl (C=O) groups is 2. The first-order valence-electron chi connectivity index (χ1n) is 9.26. The number of amides is 1. The molecule has 154 valence electrons.